The summed E-state index contributed by atoms with van der Waals surface area (Å²) in [4.78, 5) is 26.4. The topological polar surface area (TPSA) is 58.6 Å². The molecule has 0 saturated heterocycles. The summed E-state index contributed by atoms with van der Waals surface area (Å²) in [5, 5.41) is 3.08. The number of esters is 1. The van der Waals surface area contributed by atoms with E-state index in [2.05, 4.69) is 17.3 Å². The van der Waals surface area contributed by atoms with E-state index in [0.29, 0.717) is 12.0 Å². The fraction of sp³-hybridized carbons (Fsp3) is 0.556. The molecule has 1 aromatic rings. The van der Waals surface area contributed by atoms with Crippen LogP contribution in [0, 0.1) is 5.92 Å². The number of amides is 1. The predicted molar refractivity (Wildman–Crippen MR) is 88.6 cm³/mol. The Hall–Kier alpha value is -2.04. The van der Waals surface area contributed by atoms with Crippen LogP contribution >= 0.6 is 0 Å². The number of nitrogens with one attached hydrogen (secondary N) is 1. The van der Waals surface area contributed by atoms with Crippen molar-refractivity contribution in [1.29, 1.82) is 0 Å². The van der Waals surface area contributed by atoms with Gasteiger partial charge in [-0.15, -0.1) is 0 Å². The van der Waals surface area contributed by atoms with Gasteiger partial charge in [0.25, 0.3) is 5.91 Å². The zero-order chi connectivity index (χ0) is 16.4. The van der Waals surface area contributed by atoms with Gasteiger partial charge in [-0.05, 0) is 43.4 Å². The monoisotopic (exact) mass is 316 g/mol. The summed E-state index contributed by atoms with van der Waals surface area (Å²) >= 11 is 0. The number of methoxy groups -OCH3 is 1. The number of rotatable bonds is 3. The van der Waals surface area contributed by atoms with Crippen LogP contribution in [0.1, 0.15) is 41.6 Å². The maximum absolute atomic E-state index is 12.5. The van der Waals surface area contributed by atoms with Crippen LogP contribution in [0.5, 0.6) is 0 Å². The number of benzene rings is 1. The van der Waals surface area contributed by atoms with Crippen molar-refractivity contribution in [3.8, 4) is 0 Å². The number of anilines is 1. The number of likely N-dealkylation sites (N-methyl/N-ethyl adjacent to an activating group) is 1. The molecule has 2 aliphatic rings. The first-order valence-electron chi connectivity index (χ1n) is 8.31. The third kappa shape index (κ3) is 3.33. The van der Waals surface area contributed by atoms with E-state index < -0.39 is 0 Å². The Labute approximate surface area is 137 Å². The Morgan fingerprint density at radius 2 is 2.13 bits per heavy atom. The molecule has 1 N–H and O–H groups in total. The number of carbonyl (C=O) groups excluding carboxylic acids is 2. The molecule has 124 valence electrons. The van der Waals surface area contributed by atoms with Gasteiger partial charge in [-0.1, -0.05) is 12.5 Å². The van der Waals surface area contributed by atoms with Gasteiger partial charge in [0, 0.05) is 30.9 Å². The molecule has 1 amide bonds. The molecule has 1 heterocycles. The first kappa shape index (κ1) is 15.8. The normalized spacial score (nSPS) is 23.3. The van der Waals surface area contributed by atoms with E-state index >= 15 is 0 Å². The first-order chi connectivity index (χ1) is 11.1. The maximum atomic E-state index is 12.5. The second kappa shape index (κ2) is 6.60. The smallest absolute Gasteiger partial charge is 0.308 e. The summed E-state index contributed by atoms with van der Waals surface area (Å²) in [6.07, 6.45) is 4.42. The maximum Gasteiger partial charge on any atom is 0.308 e. The third-order valence-electron chi connectivity index (χ3n) is 5.02. The molecule has 0 spiro atoms. The molecule has 1 aromatic carbocycles. The zero-order valence-corrected chi connectivity index (χ0v) is 13.8. The van der Waals surface area contributed by atoms with Crippen LogP contribution in [-0.4, -0.2) is 38.6 Å². The average Bonchev–Trinajstić information content (AvgIpc) is 2.95. The molecule has 1 aliphatic heterocycles. The molecule has 1 fully saturated rings. The van der Waals surface area contributed by atoms with Crippen molar-refractivity contribution in [3.63, 3.8) is 0 Å². The molecule has 3 rings (SSSR count). The van der Waals surface area contributed by atoms with Gasteiger partial charge in [0.2, 0.25) is 0 Å². The molecule has 1 aliphatic carbocycles. The van der Waals surface area contributed by atoms with Crippen molar-refractivity contribution < 1.29 is 14.3 Å². The molecular weight excluding hydrogens is 292 g/mol. The van der Waals surface area contributed by atoms with E-state index in [9.17, 15) is 9.59 Å². The zero-order valence-electron chi connectivity index (χ0n) is 13.8. The minimum atomic E-state index is -0.164. The highest BCUT2D eigenvalue weighted by molar-refractivity contribution is 5.95. The molecule has 1 saturated carbocycles. The van der Waals surface area contributed by atoms with E-state index in [1.807, 2.05) is 18.2 Å². The lowest BCUT2D eigenvalue weighted by molar-refractivity contribution is -0.146. The van der Waals surface area contributed by atoms with Crippen molar-refractivity contribution in [2.24, 2.45) is 5.92 Å². The Morgan fingerprint density at radius 1 is 1.30 bits per heavy atom. The fourth-order valence-electron chi connectivity index (χ4n) is 3.65. The number of carbonyl (C=O) groups is 2. The van der Waals surface area contributed by atoms with Gasteiger partial charge in [-0.3, -0.25) is 9.59 Å². The van der Waals surface area contributed by atoms with Gasteiger partial charge in [-0.2, -0.15) is 0 Å². The first-order valence-corrected chi connectivity index (χ1v) is 8.31. The van der Waals surface area contributed by atoms with Crippen molar-refractivity contribution in [2.75, 3.05) is 25.6 Å². The molecule has 23 heavy (non-hydrogen) atoms. The lowest BCUT2D eigenvalue weighted by Crippen LogP contribution is -2.40. The van der Waals surface area contributed by atoms with Gasteiger partial charge < -0.3 is 15.0 Å². The number of nitrogens with zero attached hydrogens (tertiary/aromatic N) is 1. The highest BCUT2D eigenvalue weighted by Gasteiger charge is 2.29. The van der Waals surface area contributed by atoms with Gasteiger partial charge in [-0.25, -0.2) is 0 Å². The Morgan fingerprint density at radius 3 is 2.91 bits per heavy atom. The summed E-state index contributed by atoms with van der Waals surface area (Å²) < 4.78 is 4.83. The van der Waals surface area contributed by atoms with Crippen molar-refractivity contribution >= 4 is 17.6 Å². The third-order valence-corrected chi connectivity index (χ3v) is 5.02. The highest BCUT2D eigenvalue weighted by Crippen LogP contribution is 2.28. The summed E-state index contributed by atoms with van der Waals surface area (Å²) in [7, 11) is 3.47. The van der Waals surface area contributed by atoms with Crippen LogP contribution in [-0.2, 0) is 16.0 Å². The van der Waals surface area contributed by atoms with Gasteiger partial charge in [0.1, 0.15) is 0 Å². The minimum Gasteiger partial charge on any atom is -0.469 e. The fourth-order valence-corrected chi connectivity index (χ4v) is 3.65. The standard InChI is InChI=1S/C18H24N2O3/c1-20-9-8-12-6-7-13(11-16(12)20)17(21)19-15-5-3-4-14(10-15)18(22)23-2/h6-7,11,14-15H,3-5,8-10H2,1-2H3,(H,19,21)/t14-,15+/m0/s1. The molecule has 5 heteroatoms. The second-order valence-electron chi connectivity index (χ2n) is 6.57. The van der Waals surface area contributed by atoms with Crippen LogP contribution < -0.4 is 10.2 Å². The van der Waals surface area contributed by atoms with Gasteiger partial charge in [0.15, 0.2) is 0 Å². The number of ether oxygens (including phenoxy) is 1. The van der Waals surface area contributed by atoms with E-state index in [-0.39, 0.29) is 23.8 Å². The Kier molecular flexibility index (Phi) is 4.55. The molecule has 0 radical (unpaired) electrons. The van der Waals surface area contributed by atoms with Crippen molar-refractivity contribution in [2.45, 2.75) is 38.1 Å². The average molecular weight is 316 g/mol. The van der Waals surface area contributed by atoms with E-state index in [0.717, 1.165) is 37.9 Å². The van der Waals surface area contributed by atoms with Crippen LogP contribution in [0.15, 0.2) is 18.2 Å². The predicted octanol–water partition coefficient (Wildman–Crippen LogP) is 2.14. The highest BCUT2D eigenvalue weighted by atomic mass is 16.5. The van der Waals surface area contributed by atoms with E-state index in [4.69, 9.17) is 4.74 Å². The lowest BCUT2D eigenvalue weighted by atomic mass is 9.85. The van der Waals surface area contributed by atoms with Gasteiger partial charge in [0.05, 0.1) is 13.0 Å². The summed E-state index contributed by atoms with van der Waals surface area (Å²) in [5.41, 5.74) is 3.14. The van der Waals surface area contributed by atoms with Crippen LogP contribution in [0.2, 0.25) is 0 Å². The number of hydrogen-bond acceptors (Lipinski definition) is 4. The molecule has 0 aromatic heterocycles. The SMILES string of the molecule is COC(=O)[C@H]1CCC[C@@H](NC(=O)c2ccc3c(c2)N(C)CC3)C1. The molecule has 0 bridgehead atoms. The van der Waals surface area contributed by atoms with Crippen LogP contribution in [0.3, 0.4) is 0 Å². The quantitative estimate of drug-likeness (QED) is 0.868. The Bertz CT molecular complexity index is 614. The summed E-state index contributed by atoms with van der Waals surface area (Å²) in [6, 6.07) is 5.96. The lowest BCUT2D eigenvalue weighted by Gasteiger charge is -2.28. The Balaban J connectivity index is 1.65. The van der Waals surface area contributed by atoms with Crippen molar-refractivity contribution in [1.82, 2.24) is 5.32 Å². The van der Waals surface area contributed by atoms with Gasteiger partial charge >= 0.3 is 5.97 Å². The van der Waals surface area contributed by atoms with E-state index in [1.54, 1.807) is 0 Å². The largest absolute Gasteiger partial charge is 0.469 e. The summed E-state index contributed by atoms with van der Waals surface area (Å²) in [6.45, 7) is 1.00. The van der Waals surface area contributed by atoms with Crippen molar-refractivity contribution in [3.05, 3.63) is 29.3 Å². The van der Waals surface area contributed by atoms with E-state index in [1.165, 1.54) is 12.7 Å². The summed E-state index contributed by atoms with van der Waals surface area (Å²) in [5.74, 6) is -0.308. The molecule has 5 nitrogen and oxygen atoms in total. The molecule has 0 unspecified atom stereocenters. The number of hydrogen-bond donors (Lipinski definition) is 1. The molecule has 2 atom stereocenters. The number of fused-ring (bicyclic) bond motifs is 1. The van der Waals surface area contributed by atoms with Crippen LogP contribution in [0.4, 0.5) is 5.69 Å². The second-order valence-corrected chi connectivity index (χ2v) is 6.57. The minimum absolute atomic E-state index is 0.0475. The van der Waals surface area contributed by atoms with Crippen LogP contribution in [0.25, 0.3) is 0 Å². The molecular formula is C18H24N2O3.